The quantitative estimate of drug-likeness (QED) is 0.576. The molecule has 0 aliphatic heterocycles. The van der Waals surface area contributed by atoms with E-state index < -0.39 is 11.4 Å². The fourth-order valence-corrected chi connectivity index (χ4v) is 2.69. The van der Waals surface area contributed by atoms with Crippen LogP contribution in [0.4, 0.5) is 10.2 Å². The standard InChI is InChI=1S/C20H17FN2O3/c1-3-4-9-25-14-5-6-15-12(2)16(20(24)26-17(15)11-14)10-13-7-8-23-19(22)18(13)21/h5-8,11H,9-10H2,1-2H3,(H2,22,23). The van der Waals surface area contributed by atoms with Crippen molar-refractivity contribution in [3.05, 3.63) is 63.4 Å². The van der Waals surface area contributed by atoms with E-state index in [4.69, 9.17) is 14.9 Å². The molecule has 0 amide bonds. The van der Waals surface area contributed by atoms with Gasteiger partial charge in [-0.3, -0.25) is 0 Å². The zero-order valence-corrected chi connectivity index (χ0v) is 14.4. The second kappa shape index (κ2) is 7.28. The lowest BCUT2D eigenvalue weighted by atomic mass is 10.00. The molecule has 1 aromatic carbocycles. The van der Waals surface area contributed by atoms with Gasteiger partial charge in [0.1, 0.15) is 17.9 Å². The monoisotopic (exact) mass is 352 g/mol. The molecule has 3 rings (SSSR count). The van der Waals surface area contributed by atoms with Gasteiger partial charge in [0.25, 0.3) is 0 Å². The highest BCUT2D eigenvalue weighted by atomic mass is 19.1. The maximum Gasteiger partial charge on any atom is 0.340 e. The number of aromatic nitrogens is 1. The molecule has 0 aliphatic carbocycles. The molecule has 6 heteroatoms. The fraction of sp³-hybridized carbons (Fsp3) is 0.200. The molecule has 0 radical (unpaired) electrons. The first-order valence-corrected chi connectivity index (χ1v) is 7.99. The lowest BCUT2D eigenvalue weighted by Crippen LogP contribution is -2.12. The Hall–Kier alpha value is -3.33. The minimum atomic E-state index is -0.618. The molecule has 0 unspecified atom stereocenters. The smallest absolute Gasteiger partial charge is 0.340 e. The Balaban J connectivity index is 2.02. The number of benzene rings is 1. The number of pyridine rings is 1. The number of nitrogen functional groups attached to an aromatic ring is 1. The average molecular weight is 352 g/mol. The maximum atomic E-state index is 14.1. The minimum absolute atomic E-state index is 0.0764. The maximum absolute atomic E-state index is 14.1. The second-order valence-corrected chi connectivity index (χ2v) is 5.71. The van der Waals surface area contributed by atoms with E-state index in [9.17, 15) is 9.18 Å². The summed E-state index contributed by atoms with van der Waals surface area (Å²) >= 11 is 0. The van der Waals surface area contributed by atoms with Crippen molar-refractivity contribution < 1.29 is 13.5 Å². The van der Waals surface area contributed by atoms with E-state index in [2.05, 4.69) is 16.8 Å². The van der Waals surface area contributed by atoms with Gasteiger partial charge in [0.2, 0.25) is 0 Å². The van der Waals surface area contributed by atoms with Crippen LogP contribution in [-0.4, -0.2) is 11.6 Å². The second-order valence-electron chi connectivity index (χ2n) is 5.71. The first-order valence-electron chi connectivity index (χ1n) is 7.99. The number of nitrogens with zero attached hydrogens (tertiary/aromatic N) is 1. The van der Waals surface area contributed by atoms with Crippen molar-refractivity contribution >= 4 is 16.8 Å². The third-order valence-corrected chi connectivity index (χ3v) is 4.11. The Morgan fingerprint density at radius 1 is 1.35 bits per heavy atom. The molecule has 0 fully saturated rings. The van der Waals surface area contributed by atoms with Gasteiger partial charge in [0.15, 0.2) is 11.6 Å². The fourth-order valence-electron chi connectivity index (χ4n) is 2.69. The number of aryl methyl sites for hydroxylation is 1. The lowest BCUT2D eigenvalue weighted by molar-refractivity contribution is 0.370. The van der Waals surface area contributed by atoms with Crippen molar-refractivity contribution in [1.29, 1.82) is 0 Å². The van der Waals surface area contributed by atoms with Gasteiger partial charge in [-0.1, -0.05) is 5.92 Å². The number of hydrogen-bond acceptors (Lipinski definition) is 5. The summed E-state index contributed by atoms with van der Waals surface area (Å²) < 4.78 is 25.0. The van der Waals surface area contributed by atoms with Crippen LogP contribution in [0.25, 0.3) is 11.0 Å². The van der Waals surface area contributed by atoms with E-state index in [1.54, 1.807) is 26.0 Å². The van der Waals surface area contributed by atoms with Crippen molar-refractivity contribution in [3.63, 3.8) is 0 Å². The highest BCUT2D eigenvalue weighted by Crippen LogP contribution is 2.26. The number of fused-ring (bicyclic) bond motifs is 1. The Morgan fingerprint density at radius 2 is 2.15 bits per heavy atom. The first-order chi connectivity index (χ1) is 12.5. The topological polar surface area (TPSA) is 78.4 Å². The molecule has 132 valence electrons. The Labute approximate surface area is 149 Å². The Bertz CT molecular complexity index is 1090. The molecule has 0 saturated carbocycles. The molecule has 2 heterocycles. The molecule has 0 spiro atoms. The predicted octanol–water partition coefficient (Wildman–Crippen LogP) is 3.21. The van der Waals surface area contributed by atoms with Crippen molar-refractivity contribution in [2.24, 2.45) is 0 Å². The summed E-state index contributed by atoms with van der Waals surface area (Å²) in [5.74, 6) is 5.29. The lowest BCUT2D eigenvalue weighted by Gasteiger charge is -2.10. The van der Waals surface area contributed by atoms with Crippen LogP contribution in [0.1, 0.15) is 23.6 Å². The van der Waals surface area contributed by atoms with Crippen molar-refractivity contribution in [1.82, 2.24) is 4.98 Å². The van der Waals surface area contributed by atoms with E-state index in [0.29, 0.717) is 22.5 Å². The SMILES string of the molecule is CC#CCOc1ccc2c(C)c(Cc3ccnc(N)c3F)c(=O)oc2c1. The van der Waals surface area contributed by atoms with Crippen LogP contribution in [0.15, 0.2) is 39.7 Å². The van der Waals surface area contributed by atoms with Gasteiger partial charge >= 0.3 is 5.63 Å². The first kappa shape index (κ1) is 17.5. The molecule has 3 aromatic rings. The van der Waals surface area contributed by atoms with Gasteiger partial charge in [-0.05, 0) is 43.2 Å². The van der Waals surface area contributed by atoms with Crippen molar-refractivity contribution in [2.75, 3.05) is 12.3 Å². The van der Waals surface area contributed by atoms with Crippen LogP contribution in [-0.2, 0) is 6.42 Å². The van der Waals surface area contributed by atoms with Crippen molar-refractivity contribution in [2.45, 2.75) is 20.3 Å². The summed E-state index contributed by atoms with van der Waals surface area (Å²) in [5.41, 5.74) is 6.79. The summed E-state index contributed by atoms with van der Waals surface area (Å²) in [6, 6.07) is 6.74. The molecule has 26 heavy (non-hydrogen) atoms. The zero-order chi connectivity index (χ0) is 18.7. The van der Waals surface area contributed by atoms with Gasteiger partial charge in [0, 0.05) is 29.6 Å². The number of hydrogen-bond donors (Lipinski definition) is 1. The molecule has 5 nitrogen and oxygen atoms in total. The van der Waals surface area contributed by atoms with Crippen molar-refractivity contribution in [3.8, 4) is 17.6 Å². The van der Waals surface area contributed by atoms with Crippen LogP contribution in [0.5, 0.6) is 5.75 Å². The molecule has 0 saturated heterocycles. The van der Waals surface area contributed by atoms with Crippen LogP contribution < -0.4 is 16.1 Å². The van der Waals surface area contributed by atoms with Gasteiger partial charge in [0.05, 0.1) is 0 Å². The zero-order valence-electron chi connectivity index (χ0n) is 14.4. The van der Waals surface area contributed by atoms with E-state index >= 15 is 0 Å². The summed E-state index contributed by atoms with van der Waals surface area (Å²) in [4.78, 5) is 16.1. The minimum Gasteiger partial charge on any atom is -0.481 e. The number of ether oxygens (including phenoxy) is 1. The normalized spacial score (nSPS) is 10.4. The molecule has 2 N–H and O–H groups in total. The third-order valence-electron chi connectivity index (χ3n) is 4.11. The number of nitrogens with two attached hydrogens (primary N) is 1. The largest absolute Gasteiger partial charge is 0.481 e. The van der Waals surface area contributed by atoms with E-state index in [0.717, 1.165) is 10.9 Å². The Morgan fingerprint density at radius 3 is 2.92 bits per heavy atom. The number of anilines is 1. The summed E-state index contributed by atoms with van der Waals surface area (Å²) in [5, 5.41) is 0.760. The molecular formula is C20H17FN2O3. The highest BCUT2D eigenvalue weighted by molar-refractivity contribution is 5.82. The number of halogens is 1. The van der Waals surface area contributed by atoms with E-state index in [1.165, 1.54) is 12.3 Å². The Kier molecular flexibility index (Phi) is 4.90. The van der Waals surface area contributed by atoms with Crippen LogP contribution in [0.3, 0.4) is 0 Å². The predicted molar refractivity (Wildman–Crippen MR) is 97.6 cm³/mol. The van der Waals surface area contributed by atoms with Gasteiger partial charge in [-0.15, -0.1) is 5.92 Å². The van der Waals surface area contributed by atoms with Gasteiger partial charge < -0.3 is 14.9 Å². The molecule has 0 atom stereocenters. The van der Waals surface area contributed by atoms with Gasteiger partial charge in [-0.25, -0.2) is 14.2 Å². The van der Waals surface area contributed by atoms with E-state index in [-0.39, 0.29) is 18.8 Å². The molecular weight excluding hydrogens is 335 g/mol. The third kappa shape index (κ3) is 3.38. The summed E-state index contributed by atoms with van der Waals surface area (Å²) in [6.07, 6.45) is 1.49. The van der Waals surface area contributed by atoms with Gasteiger partial charge in [-0.2, -0.15) is 0 Å². The van der Waals surface area contributed by atoms with Crippen LogP contribution >= 0.6 is 0 Å². The van der Waals surface area contributed by atoms with Crippen LogP contribution in [0, 0.1) is 24.6 Å². The molecule has 2 aromatic heterocycles. The summed E-state index contributed by atoms with van der Waals surface area (Å²) in [6.45, 7) is 3.79. The summed E-state index contributed by atoms with van der Waals surface area (Å²) in [7, 11) is 0. The highest BCUT2D eigenvalue weighted by Gasteiger charge is 2.15. The van der Waals surface area contributed by atoms with Crippen LogP contribution in [0.2, 0.25) is 0 Å². The molecule has 0 bridgehead atoms. The average Bonchev–Trinajstić information content (AvgIpc) is 2.62. The van der Waals surface area contributed by atoms with E-state index in [1.807, 2.05) is 6.07 Å². The molecule has 0 aliphatic rings. The number of rotatable bonds is 4.